The third kappa shape index (κ3) is 2.68. The summed E-state index contributed by atoms with van der Waals surface area (Å²) in [6.07, 6.45) is 1.09. The molecule has 0 saturated carbocycles. The highest BCUT2D eigenvalue weighted by Gasteiger charge is 2.11. The minimum Gasteiger partial charge on any atom is -0.313 e. The molecule has 80 valence electrons. The molecule has 1 N–H and O–H groups in total. The van der Waals surface area contributed by atoms with Crippen LogP contribution in [0.3, 0.4) is 0 Å². The van der Waals surface area contributed by atoms with Crippen molar-refractivity contribution in [1.29, 1.82) is 0 Å². The van der Waals surface area contributed by atoms with E-state index in [0.717, 1.165) is 6.42 Å². The number of hydrogen-bond donors (Lipinski definition) is 1. The normalized spacial score (nSPS) is 12.9. The van der Waals surface area contributed by atoms with Crippen molar-refractivity contribution in [2.45, 2.75) is 19.4 Å². The highest BCUT2D eigenvalue weighted by Crippen LogP contribution is 2.24. The van der Waals surface area contributed by atoms with E-state index in [4.69, 9.17) is 0 Å². The minimum atomic E-state index is 0.452. The average Bonchev–Trinajstić information content (AvgIpc) is 2.85. The quantitative estimate of drug-likeness (QED) is 0.856. The Morgan fingerprint density at radius 2 is 2.27 bits per heavy atom. The number of hydrogen-bond acceptors (Lipinski definition) is 3. The Bertz CT molecular complexity index is 403. The van der Waals surface area contributed by atoms with E-state index in [9.17, 15) is 0 Å². The summed E-state index contributed by atoms with van der Waals surface area (Å²) < 4.78 is 0. The number of aryl methyl sites for hydroxylation is 1. The molecular formula is C12H15NS2. The van der Waals surface area contributed by atoms with Gasteiger partial charge in [-0.2, -0.15) is 0 Å². The fourth-order valence-electron chi connectivity index (χ4n) is 1.66. The topological polar surface area (TPSA) is 12.0 Å². The number of nitrogens with one attached hydrogen (secondary N) is 1. The van der Waals surface area contributed by atoms with Crippen LogP contribution < -0.4 is 5.32 Å². The van der Waals surface area contributed by atoms with E-state index < -0.39 is 0 Å². The monoisotopic (exact) mass is 237 g/mol. The van der Waals surface area contributed by atoms with E-state index in [0.29, 0.717) is 6.04 Å². The van der Waals surface area contributed by atoms with E-state index in [1.165, 1.54) is 15.3 Å². The third-order valence-corrected chi connectivity index (χ3v) is 4.27. The smallest absolute Gasteiger partial charge is 0.0374 e. The first-order valence-corrected chi connectivity index (χ1v) is 6.80. The molecule has 1 atom stereocenters. The Balaban J connectivity index is 2.11. The molecular weight excluding hydrogens is 222 g/mol. The highest BCUT2D eigenvalue weighted by atomic mass is 32.1. The van der Waals surface area contributed by atoms with Gasteiger partial charge in [-0.05, 0) is 42.4 Å². The van der Waals surface area contributed by atoms with Crippen LogP contribution in [0, 0.1) is 6.92 Å². The Kier molecular flexibility index (Phi) is 3.57. The van der Waals surface area contributed by atoms with Crippen LogP contribution in [0.2, 0.25) is 0 Å². The molecule has 1 nitrogen and oxygen atoms in total. The summed E-state index contributed by atoms with van der Waals surface area (Å²) in [5, 5.41) is 7.78. The van der Waals surface area contributed by atoms with Crippen LogP contribution in [0.1, 0.15) is 21.4 Å². The van der Waals surface area contributed by atoms with Crippen LogP contribution in [0.4, 0.5) is 0 Å². The molecule has 0 bridgehead atoms. The Morgan fingerprint density at radius 1 is 1.40 bits per heavy atom. The van der Waals surface area contributed by atoms with Crippen LogP contribution in [-0.2, 0) is 6.42 Å². The zero-order valence-electron chi connectivity index (χ0n) is 8.99. The van der Waals surface area contributed by atoms with Crippen LogP contribution in [0.15, 0.2) is 29.0 Å². The lowest BCUT2D eigenvalue weighted by molar-refractivity contribution is 0.598. The maximum absolute atomic E-state index is 3.38. The van der Waals surface area contributed by atoms with Gasteiger partial charge >= 0.3 is 0 Å². The van der Waals surface area contributed by atoms with Crippen LogP contribution in [-0.4, -0.2) is 7.05 Å². The lowest BCUT2D eigenvalue weighted by Crippen LogP contribution is -2.17. The molecule has 0 fully saturated rings. The molecule has 0 aliphatic heterocycles. The van der Waals surface area contributed by atoms with Crippen molar-refractivity contribution in [1.82, 2.24) is 5.32 Å². The van der Waals surface area contributed by atoms with E-state index in [1.807, 2.05) is 29.7 Å². The van der Waals surface area contributed by atoms with E-state index >= 15 is 0 Å². The lowest BCUT2D eigenvalue weighted by Gasteiger charge is -2.13. The van der Waals surface area contributed by atoms with Crippen molar-refractivity contribution >= 4 is 22.7 Å². The molecule has 0 aliphatic rings. The van der Waals surface area contributed by atoms with Crippen molar-refractivity contribution in [3.63, 3.8) is 0 Å². The summed E-state index contributed by atoms with van der Waals surface area (Å²) >= 11 is 3.66. The molecule has 0 spiro atoms. The van der Waals surface area contributed by atoms with E-state index in [2.05, 4.69) is 41.2 Å². The summed E-state index contributed by atoms with van der Waals surface area (Å²) in [6.45, 7) is 2.16. The van der Waals surface area contributed by atoms with Gasteiger partial charge in [0.1, 0.15) is 0 Å². The first kappa shape index (κ1) is 10.9. The van der Waals surface area contributed by atoms with Gasteiger partial charge < -0.3 is 5.32 Å². The standard InChI is InChI=1S/C12H15NS2/c1-9-6-10(8-15-9)12(13-2)7-11-4-3-5-14-11/h3-6,8,12-13H,7H2,1-2H3. The van der Waals surface area contributed by atoms with Gasteiger partial charge in [0.2, 0.25) is 0 Å². The van der Waals surface area contributed by atoms with Crippen molar-refractivity contribution in [3.05, 3.63) is 44.3 Å². The molecule has 0 radical (unpaired) electrons. The van der Waals surface area contributed by atoms with Gasteiger partial charge in [-0.1, -0.05) is 6.07 Å². The largest absolute Gasteiger partial charge is 0.313 e. The van der Waals surface area contributed by atoms with Gasteiger partial charge in [0.05, 0.1) is 0 Å². The second-order valence-electron chi connectivity index (χ2n) is 3.62. The molecule has 2 rings (SSSR count). The fraction of sp³-hybridized carbons (Fsp3) is 0.333. The SMILES string of the molecule is CNC(Cc1cccs1)c1csc(C)c1. The van der Waals surface area contributed by atoms with Gasteiger partial charge in [-0.25, -0.2) is 0 Å². The molecule has 0 aromatic carbocycles. The molecule has 0 saturated heterocycles. The molecule has 1 unspecified atom stereocenters. The Morgan fingerprint density at radius 3 is 2.80 bits per heavy atom. The molecule has 2 heterocycles. The number of rotatable bonds is 4. The second-order valence-corrected chi connectivity index (χ2v) is 5.76. The molecule has 3 heteroatoms. The van der Waals surface area contributed by atoms with Crippen molar-refractivity contribution in [3.8, 4) is 0 Å². The maximum Gasteiger partial charge on any atom is 0.0374 e. The number of thiophene rings is 2. The van der Waals surface area contributed by atoms with Crippen LogP contribution >= 0.6 is 22.7 Å². The number of likely N-dealkylation sites (N-methyl/N-ethyl adjacent to an activating group) is 1. The van der Waals surface area contributed by atoms with E-state index in [1.54, 1.807) is 0 Å². The van der Waals surface area contributed by atoms with Gasteiger partial charge in [0.25, 0.3) is 0 Å². The predicted molar refractivity (Wildman–Crippen MR) is 68.9 cm³/mol. The second kappa shape index (κ2) is 4.92. The summed E-state index contributed by atoms with van der Waals surface area (Å²) in [6, 6.07) is 7.05. The summed E-state index contributed by atoms with van der Waals surface area (Å²) in [7, 11) is 2.03. The van der Waals surface area contributed by atoms with Gasteiger partial charge in [0.15, 0.2) is 0 Å². The summed E-state index contributed by atoms with van der Waals surface area (Å²) in [5.41, 5.74) is 1.41. The van der Waals surface area contributed by atoms with Crippen molar-refractivity contribution < 1.29 is 0 Å². The molecule has 0 amide bonds. The fourth-order valence-corrected chi connectivity index (χ4v) is 3.17. The molecule has 2 aromatic heterocycles. The first-order valence-electron chi connectivity index (χ1n) is 5.04. The maximum atomic E-state index is 3.38. The summed E-state index contributed by atoms with van der Waals surface area (Å²) in [4.78, 5) is 2.83. The lowest BCUT2D eigenvalue weighted by atomic mass is 10.1. The Hall–Kier alpha value is -0.640. The zero-order chi connectivity index (χ0) is 10.7. The van der Waals surface area contributed by atoms with Crippen molar-refractivity contribution in [2.24, 2.45) is 0 Å². The van der Waals surface area contributed by atoms with Crippen LogP contribution in [0.5, 0.6) is 0 Å². The summed E-state index contributed by atoms with van der Waals surface area (Å²) in [5.74, 6) is 0. The van der Waals surface area contributed by atoms with E-state index in [-0.39, 0.29) is 0 Å². The predicted octanol–water partition coefficient (Wildman–Crippen LogP) is 3.62. The average molecular weight is 237 g/mol. The minimum absolute atomic E-state index is 0.452. The highest BCUT2D eigenvalue weighted by molar-refractivity contribution is 7.10. The molecule has 2 aromatic rings. The van der Waals surface area contributed by atoms with Crippen LogP contribution in [0.25, 0.3) is 0 Å². The first-order chi connectivity index (χ1) is 7.29. The van der Waals surface area contributed by atoms with Gasteiger partial charge in [0, 0.05) is 22.2 Å². The third-order valence-electron chi connectivity index (χ3n) is 2.49. The zero-order valence-corrected chi connectivity index (χ0v) is 10.6. The van der Waals surface area contributed by atoms with Gasteiger partial charge in [-0.15, -0.1) is 22.7 Å². The Labute approximate surface area is 98.8 Å². The molecule has 0 aliphatic carbocycles. The van der Waals surface area contributed by atoms with Crippen molar-refractivity contribution in [2.75, 3.05) is 7.05 Å². The molecule has 15 heavy (non-hydrogen) atoms. The van der Waals surface area contributed by atoms with Gasteiger partial charge in [-0.3, -0.25) is 0 Å².